The number of hydrogen-bond acceptors (Lipinski definition) is 4. The van der Waals surface area contributed by atoms with Gasteiger partial charge < -0.3 is 15.0 Å². The van der Waals surface area contributed by atoms with Gasteiger partial charge >= 0.3 is 0 Å². The highest BCUT2D eigenvalue weighted by Gasteiger charge is 2.38. The molecule has 112 valence electrons. The third-order valence-corrected chi connectivity index (χ3v) is 3.97. The van der Waals surface area contributed by atoms with E-state index in [0.29, 0.717) is 6.61 Å². The van der Waals surface area contributed by atoms with Gasteiger partial charge in [-0.1, -0.05) is 0 Å². The first kappa shape index (κ1) is 16.4. The number of ether oxygens (including phenoxy) is 1. The number of carbonyl (C=O) groups is 1. The Bertz CT molecular complexity index is 288. The van der Waals surface area contributed by atoms with Crippen molar-refractivity contribution in [2.45, 2.75) is 39.3 Å². The van der Waals surface area contributed by atoms with E-state index >= 15 is 0 Å². The molecule has 0 radical (unpaired) electrons. The fourth-order valence-electron chi connectivity index (χ4n) is 2.70. The average Bonchev–Trinajstić information content (AvgIpc) is 2.40. The Morgan fingerprint density at radius 2 is 2.00 bits per heavy atom. The Morgan fingerprint density at radius 3 is 2.47 bits per heavy atom. The van der Waals surface area contributed by atoms with Gasteiger partial charge in [0.15, 0.2) is 0 Å². The quantitative estimate of drug-likeness (QED) is 0.766. The van der Waals surface area contributed by atoms with Crippen molar-refractivity contribution in [1.82, 2.24) is 15.1 Å². The van der Waals surface area contributed by atoms with Crippen molar-refractivity contribution in [3.8, 4) is 0 Å². The van der Waals surface area contributed by atoms with Gasteiger partial charge in [0.25, 0.3) is 0 Å². The van der Waals surface area contributed by atoms with Crippen molar-refractivity contribution in [2.24, 2.45) is 0 Å². The van der Waals surface area contributed by atoms with E-state index in [4.69, 9.17) is 4.74 Å². The summed E-state index contributed by atoms with van der Waals surface area (Å²) in [6, 6.07) is 0.115. The summed E-state index contributed by atoms with van der Waals surface area (Å²) >= 11 is 0. The maximum Gasteiger partial charge on any atom is 0.242 e. The van der Waals surface area contributed by atoms with Gasteiger partial charge in [0, 0.05) is 39.8 Å². The topological polar surface area (TPSA) is 44.8 Å². The molecule has 0 aromatic rings. The van der Waals surface area contributed by atoms with E-state index in [0.717, 1.165) is 32.7 Å². The van der Waals surface area contributed by atoms with E-state index in [1.54, 1.807) is 7.11 Å². The molecular formula is C14H29N3O2. The molecule has 5 nitrogen and oxygen atoms in total. The van der Waals surface area contributed by atoms with Crippen LogP contribution in [0.1, 0.15) is 27.7 Å². The maximum atomic E-state index is 12.8. The van der Waals surface area contributed by atoms with E-state index in [-0.39, 0.29) is 11.9 Å². The van der Waals surface area contributed by atoms with E-state index < -0.39 is 5.54 Å². The fraction of sp³-hybridized carbons (Fsp3) is 0.929. The second-order valence-electron chi connectivity index (χ2n) is 5.69. The summed E-state index contributed by atoms with van der Waals surface area (Å²) in [5.41, 5.74) is -0.444. The summed E-state index contributed by atoms with van der Waals surface area (Å²) in [7, 11) is 1.68. The number of rotatable bonds is 6. The van der Waals surface area contributed by atoms with Gasteiger partial charge in [-0.05, 0) is 27.7 Å². The Morgan fingerprint density at radius 1 is 1.42 bits per heavy atom. The van der Waals surface area contributed by atoms with Crippen LogP contribution in [-0.4, -0.2) is 73.7 Å². The maximum absolute atomic E-state index is 12.8. The Hall–Kier alpha value is -0.650. The molecule has 0 aliphatic carbocycles. The van der Waals surface area contributed by atoms with E-state index in [1.165, 1.54) is 0 Å². The molecular weight excluding hydrogens is 242 g/mol. The summed E-state index contributed by atoms with van der Waals surface area (Å²) < 4.78 is 5.18. The van der Waals surface area contributed by atoms with Crippen molar-refractivity contribution >= 4 is 5.91 Å². The average molecular weight is 271 g/mol. The molecule has 1 N–H and O–H groups in total. The molecule has 0 saturated carbocycles. The van der Waals surface area contributed by atoms with Crippen LogP contribution in [0, 0.1) is 0 Å². The zero-order chi connectivity index (χ0) is 14.5. The molecule has 1 saturated heterocycles. The summed E-state index contributed by atoms with van der Waals surface area (Å²) in [5, 5.41) is 3.33. The highest BCUT2D eigenvalue weighted by molar-refractivity contribution is 5.85. The molecule has 0 bridgehead atoms. The molecule has 1 unspecified atom stereocenters. The second-order valence-corrected chi connectivity index (χ2v) is 5.69. The molecule has 1 heterocycles. The minimum Gasteiger partial charge on any atom is -0.383 e. The number of likely N-dealkylation sites (N-methyl/N-ethyl adjacent to an activating group) is 1. The van der Waals surface area contributed by atoms with Crippen molar-refractivity contribution in [3.63, 3.8) is 0 Å². The molecule has 0 spiro atoms. The van der Waals surface area contributed by atoms with Crippen LogP contribution in [0.2, 0.25) is 0 Å². The molecule has 1 aliphatic heterocycles. The summed E-state index contributed by atoms with van der Waals surface area (Å²) in [6.45, 7) is 13.2. The number of piperazine rings is 1. The summed E-state index contributed by atoms with van der Waals surface area (Å²) in [5.74, 6) is 0.196. The zero-order valence-corrected chi connectivity index (χ0v) is 13.0. The summed E-state index contributed by atoms with van der Waals surface area (Å²) in [6.07, 6.45) is 0. The Kier molecular flexibility index (Phi) is 6.23. The predicted octanol–water partition coefficient (Wildman–Crippen LogP) is 0.554. The lowest BCUT2D eigenvalue weighted by atomic mass is 9.98. The van der Waals surface area contributed by atoms with Crippen LogP contribution in [-0.2, 0) is 9.53 Å². The first-order chi connectivity index (χ1) is 8.95. The van der Waals surface area contributed by atoms with Crippen LogP contribution < -0.4 is 5.32 Å². The van der Waals surface area contributed by atoms with Gasteiger partial charge in [0.05, 0.1) is 18.2 Å². The SMILES string of the molecule is CCN(C(=O)C(C)(C)N1CCNCC1)C(C)COC. The Balaban J connectivity index is 2.76. The first-order valence-corrected chi connectivity index (χ1v) is 7.20. The highest BCUT2D eigenvalue weighted by atomic mass is 16.5. The largest absolute Gasteiger partial charge is 0.383 e. The number of carbonyl (C=O) groups excluding carboxylic acids is 1. The van der Waals surface area contributed by atoms with Crippen molar-refractivity contribution < 1.29 is 9.53 Å². The van der Waals surface area contributed by atoms with Crippen LogP contribution in [0.3, 0.4) is 0 Å². The fourth-order valence-corrected chi connectivity index (χ4v) is 2.70. The standard InChI is InChI=1S/C14H29N3O2/c1-6-17(12(2)11-19-5)13(18)14(3,4)16-9-7-15-8-10-16/h12,15H,6-11H2,1-5H3. The Labute approximate surface area is 117 Å². The monoisotopic (exact) mass is 271 g/mol. The van der Waals surface area contributed by atoms with Crippen LogP contribution in [0.25, 0.3) is 0 Å². The molecule has 0 aromatic heterocycles. The van der Waals surface area contributed by atoms with E-state index in [1.807, 2.05) is 32.6 Å². The molecule has 1 amide bonds. The lowest BCUT2D eigenvalue weighted by Crippen LogP contribution is -2.62. The van der Waals surface area contributed by atoms with Crippen LogP contribution in [0.5, 0.6) is 0 Å². The third-order valence-electron chi connectivity index (χ3n) is 3.97. The number of amides is 1. The normalized spacial score (nSPS) is 19.2. The summed E-state index contributed by atoms with van der Waals surface area (Å²) in [4.78, 5) is 17.0. The number of hydrogen-bond donors (Lipinski definition) is 1. The minimum absolute atomic E-state index is 0.115. The molecule has 0 aromatic carbocycles. The zero-order valence-electron chi connectivity index (χ0n) is 13.0. The minimum atomic E-state index is -0.444. The number of nitrogens with zero attached hydrogens (tertiary/aromatic N) is 2. The van der Waals surface area contributed by atoms with Crippen LogP contribution >= 0.6 is 0 Å². The van der Waals surface area contributed by atoms with E-state index in [9.17, 15) is 4.79 Å². The van der Waals surface area contributed by atoms with Crippen molar-refractivity contribution in [2.75, 3.05) is 46.4 Å². The van der Waals surface area contributed by atoms with Crippen LogP contribution in [0.4, 0.5) is 0 Å². The second kappa shape index (κ2) is 7.22. The first-order valence-electron chi connectivity index (χ1n) is 7.20. The smallest absolute Gasteiger partial charge is 0.242 e. The van der Waals surface area contributed by atoms with Crippen molar-refractivity contribution in [1.29, 1.82) is 0 Å². The molecule has 1 fully saturated rings. The van der Waals surface area contributed by atoms with Gasteiger partial charge in [-0.15, -0.1) is 0 Å². The number of methoxy groups -OCH3 is 1. The highest BCUT2D eigenvalue weighted by Crippen LogP contribution is 2.20. The molecule has 1 atom stereocenters. The third kappa shape index (κ3) is 3.91. The van der Waals surface area contributed by atoms with Crippen molar-refractivity contribution in [3.05, 3.63) is 0 Å². The number of nitrogens with one attached hydrogen (secondary N) is 1. The van der Waals surface area contributed by atoms with Gasteiger partial charge in [0.2, 0.25) is 5.91 Å². The van der Waals surface area contributed by atoms with Gasteiger partial charge in [-0.2, -0.15) is 0 Å². The van der Waals surface area contributed by atoms with Gasteiger partial charge in [0.1, 0.15) is 0 Å². The molecule has 1 aliphatic rings. The lowest BCUT2D eigenvalue weighted by molar-refractivity contribution is -0.146. The van der Waals surface area contributed by atoms with Gasteiger partial charge in [-0.3, -0.25) is 9.69 Å². The molecule has 5 heteroatoms. The van der Waals surface area contributed by atoms with Crippen LogP contribution in [0.15, 0.2) is 0 Å². The van der Waals surface area contributed by atoms with E-state index in [2.05, 4.69) is 10.2 Å². The molecule has 19 heavy (non-hydrogen) atoms. The van der Waals surface area contributed by atoms with Gasteiger partial charge in [-0.25, -0.2) is 0 Å². The predicted molar refractivity (Wildman–Crippen MR) is 77.2 cm³/mol. The lowest BCUT2D eigenvalue weighted by Gasteiger charge is -2.43. The molecule has 1 rings (SSSR count).